The number of hydrogen-bond donors (Lipinski definition) is 1. The maximum absolute atomic E-state index is 12.8. The first-order valence-corrected chi connectivity index (χ1v) is 9.62. The van der Waals surface area contributed by atoms with Gasteiger partial charge in [0.05, 0.1) is 11.9 Å². The Balaban J connectivity index is 1.37. The molecule has 1 aromatic carbocycles. The summed E-state index contributed by atoms with van der Waals surface area (Å²) in [6.45, 7) is 4.19. The summed E-state index contributed by atoms with van der Waals surface area (Å²) < 4.78 is 0. The number of aromatic nitrogens is 1. The first kappa shape index (κ1) is 16.5. The second-order valence-electron chi connectivity index (χ2n) is 7.47. The molecule has 2 aromatic rings. The minimum Gasteiger partial charge on any atom is -0.342 e. The molecule has 0 aliphatic carbocycles. The molecular weight excluding hydrogens is 310 g/mol. The molecule has 0 saturated carbocycles. The highest BCUT2D eigenvalue weighted by molar-refractivity contribution is 5.88. The lowest BCUT2D eigenvalue weighted by molar-refractivity contribution is -0.132. The topological polar surface area (TPSA) is 45.2 Å². The van der Waals surface area contributed by atoms with E-state index >= 15 is 0 Å². The number of fused-ring (bicyclic) bond motifs is 1. The van der Waals surface area contributed by atoms with Gasteiger partial charge in [-0.25, -0.2) is 0 Å². The van der Waals surface area contributed by atoms with E-state index in [1.807, 2.05) is 18.2 Å². The molecule has 2 fully saturated rings. The molecule has 2 aliphatic heterocycles. The SMILES string of the molecule is O=C(Cc1cccc2ncccc12)N1CCC(C2CCNCC2)CC1. The van der Waals surface area contributed by atoms with E-state index in [1.165, 1.54) is 38.8 Å². The lowest BCUT2D eigenvalue weighted by Gasteiger charge is -2.38. The van der Waals surface area contributed by atoms with Crippen molar-refractivity contribution in [3.8, 4) is 0 Å². The van der Waals surface area contributed by atoms with Gasteiger partial charge in [0.1, 0.15) is 0 Å². The average molecular weight is 337 g/mol. The first-order valence-electron chi connectivity index (χ1n) is 9.62. The molecule has 0 spiro atoms. The van der Waals surface area contributed by atoms with Gasteiger partial charge in [-0.05, 0) is 68.3 Å². The van der Waals surface area contributed by atoms with Crippen molar-refractivity contribution >= 4 is 16.8 Å². The van der Waals surface area contributed by atoms with Gasteiger partial charge < -0.3 is 10.2 Å². The van der Waals surface area contributed by atoms with Gasteiger partial charge in [0.15, 0.2) is 0 Å². The van der Waals surface area contributed by atoms with E-state index < -0.39 is 0 Å². The summed E-state index contributed by atoms with van der Waals surface area (Å²) in [5.41, 5.74) is 2.06. The number of benzene rings is 1. The van der Waals surface area contributed by atoms with Gasteiger partial charge in [-0.1, -0.05) is 18.2 Å². The highest BCUT2D eigenvalue weighted by Crippen LogP contribution is 2.31. The Bertz CT molecular complexity index is 726. The average Bonchev–Trinajstić information content (AvgIpc) is 2.69. The molecule has 0 radical (unpaired) electrons. The molecule has 132 valence electrons. The molecule has 1 N–H and O–H groups in total. The van der Waals surface area contributed by atoms with Gasteiger partial charge >= 0.3 is 0 Å². The second-order valence-corrected chi connectivity index (χ2v) is 7.47. The standard InChI is InChI=1S/C21H27N3O/c25-21(15-18-3-1-5-20-19(18)4-2-10-23-20)24-13-8-17(9-14-24)16-6-11-22-12-7-16/h1-5,10,16-17,22H,6-9,11-15H2. The maximum atomic E-state index is 12.8. The molecule has 2 saturated heterocycles. The summed E-state index contributed by atoms with van der Waals surface area (Å²) in [7, 11) is 0. The Labute approximate surface area is 149 Å². The first-order chi connectivity index (χ1) is 12.3. The van der Waals surface area contributed by atoms with E-state index in [9.17, 15) is 4.79 Å². The monoisotopic (exact) mass is 337 g/mol. The van der Waals surface area contributed by atoms with Crippen molar-refractivity contribution in [1.29, 1.82) is 0 Å². The van der Waals surface area contributed by atoms with E-state index in [0.717, 1.165) is 41.4 Å². The highest BCUT2D eigenvalue weighted by Gasteiger charge is 2.29. The highest BCUT2D eigenvalue weighted by atomic mass is 16.2. The van der Waals surface area contributed by atoms with Crippen LogP contribution in [0.3, 0.4) is 0 Å². The number of carbonyl (C=O) groups excluding carboxylic acids is 1. The molecule has 1 amide bonds. The fraction of sp³-hybridized carbons (Fsp3) is 0.524. The van der Waals surface area contributed by atoms with E-state index in [2.05, 4.69) is 27.3 Å². The quantitative estimate of drug-likeness (QED) is 0.936. The van der Waals surface area contributed by atoms with Crippen molar-refractivity contribution in [2.24, 2.45) is 11.8 Å². The molecule has 0 unspecified atom stereocenters. The Morgan fingerprint density at radius 3 is 2.60 bits per heavy atom. The van der Waals surface area contributed by atoms with Crippen LogP contribution in [0.15, 0.2) is 36.5 Å². The van der Waals surface area contributed by atoms with Gasteiger partial charge in [0, 0.05) is 24.7 Å². The summed E-state index contributed by atoms with van der Waals surface area (Å²) >= 11 is 0. The predicted molar refractivity (Wildman–Crippen MR) is 100 cm³/mol. The zero-order chi connectivity index (χ0) is 17.1. The van der Waals surface area contributed by atoms with E-state index in [4.69, 9.17) is 0 Å². The van der Waals surface area contributed by atoms with Crippen LogP contribution >= 0.6 is 0 Å². The van der Waals surface area contributed by atoms with Crippen LogP contribution in [-0.2, 0) is 11.2 Å². The molecule has 4 heteroatoms. The molecule has 4 rings (SSSR count). The third-order valence-electron chi connectivity index (χ3n) is 6.02. The summed E-state index contributed by atoms with van der Waals surface area (Å²) in [4.78, 5) is 19.3. The summed E-state index contributed by atoms with van der Waals surface area (Å²) in [6, 6.07) is 10.1. The van der Waals surface area contributed by atoms with Gasteiger partial charge in [0.25, 0.3) is 0 Å². The number of pyridine rings is 1. The number of rotatable bonds is 3. The van der Waals surface area contributed by atoms with Crippen LogP contribution in [0.1, 0.15) is 31.2 Å². The molecular formula is C21H27N3O. The minimum atomic E-state index is 0.264. The van der Waals surface area contributed by atoms with Crippen molar-refractivity contribution in [2.45, 2.75) is 32.1 Å². The molecule has 25 heavy (non-hydrogen) atoms. The Hall–Kier alpha value is -1.94. The number of piperidine rings is 2. The second kappa shape index (κ2) is 7.52. The summed E-state index contributed by atoms with van der Waals surface area (Å²) in [5.74, 6) is 1.94. The van der Waals surface area contributed by atoms with E-state index in [1.54, 1.807) is 6.20 Å². The number of amides is 1. The normalized spacial score (nSPS) is 20.1. The van der Waals surface area contributed by atoms with Crippen molar-refractivity contribution < 1.29 is 4.79 Å². The maximum Gasteiger partial charge on any atom is 0.227 e. The third kappa shape index (κ3) is 3.69. The van der Waals surface area contributed by atoms with Gasteiger partial charge in [-0.2, -0.15) is 0 Å². The predicted octanol–water partition coefficient (Wildman–Crippen LogP) is 3.02. The third-order valence-corrected chi connectivity index (χ3v) is 6.02. The van der Waals surface area contributed by atoms with Crippen LogP contribution in [-0.4, -0.2) is 42.0 Å². The fourth-order valence-corrected chi connectivity index (χ4v) is 4.53. The fourth-order valence-electron chi connectivity index (χ4n) is 4.53. The van der Waals surface area contributed by atoms with Crippen molar-refractivity contribution in [1.82, 2.24) is 15.2 Å². The number of hydrogen-bond acceptors (Lipinski definition) is 3. The van der Waals surface area contributed by atoms with Gasteiger partial charge in [-0.3, -0.25) is 9.78 Å². The van der Waals surface area contributed by atoms with Crippen LogP contribution in [0, 0.1) is 11.8 Å². The van der Waals surface area contributed by atoms with E-state index in [-0.39, 0.29) is 5.91 Å². The van der Waals surface area contributed by atoms with Crippen LogP contribution in [0.5, 0.6) is 0 Å². The Morgan fingerprint density at radius 2 is 1.80 bits per heavy atom. The number of carbonyl (C=O) groups is 1. The zero-order valence-corrected chi connectivity index (χ0v) is 14.8. The molecule has 0 atom stereocenters. The number of nitrogens with one attached hydrogen (secondary N) is 1. The largest absolute Gasteiger partial charge is 0.342 e. The minimum absolute atomic E-state index is 0.264. The molecule has 0 bridgehead atoms. The smallest absolute Gasteiger partial charge is 0.227 e. The van der Waals surface area contributed by atoms with Crippen LogP contribution in [0.25, 0.3) is 10.9 Å². The summed E-state index contributed by atoms with van der Waals surface area (Å²) in [6.07, 6.45) is 7.25. The molecule has 2 aliphatic rings. The number of likely N-dealkylation sites (tertiary alicyclic amines) is 1. The zero-order valence-electron chi connectivity index (χ0n) is 14.8. The summed E-state index contributed by atoms with van der Waals surface area (Å²) in [5, 5.41) is 4.55. The molecule has 1 aromatic heterocycles. The lowest BCUT2D eigenvalue weighted by atomic mass is 9.79. The molecule has 4 nitrogen and oxygen atoms in total. The van der Waals surface area contributed by atoms with Crippen LogP contribution in [0.4, 0.5) is 0 Å². The number of nitrogens with zero attached hydrogens (tertiary/aromatic N) is 2. The Morgan fingerprint density at radius 1 is 1.04 bits per heavy atom. The van der Waals surface area contributed by atoms with Gasteiger partial charge in [0.2, 0.25) is 5.91 Å². The van der Waals surface area contributed by atoms with Crippen LogP contribution < -0.4 is 5.32 Å². The van der Waals surface area contributed by atoms with Crippen LogP contribution in [0.2, 0.25) is 0 Å². The van der Waals surface area contributed by atoms with E-state index in [0.29, 0.717) is 6.42 Å². The van der Waals surface area contributed by atoms with Crippen molar-refractivity contribution in [2.75, 3.05) is 26.2 Å². The van der Waals surface area contributed by atoms with Crippen molar-refractivity contribution in [3.05, 3.63) is 42.1 Å². The van der Waals surface area contributed by atoms with Crippen molar-refractivity contribution in [3.63, 3.8) is 0 Å². The lowest BCUT2D eigenvalue weighted by Crippen LogP contribution is -2.42. The van der Waals surface area contributed by atoms with Gasteiger partial charge in [-0.15, -0.1) is 0 Å². The Kier molecular flexibility index (Phi) is 4.97. The molecule has 3 heterocycles.